The first kappa shape index (κ1) is 14.5. The standard InChI is InChI=1S/C14H23N3OS/c1-11-4-6-17(7-5-11)14(18)9-16(3)8-13-10-19-12(2)15-13/h10-11H,4-9H2,1-3H3. The van der Waals surface area contributed by atoms with E-state index in [4.69, 9.17) is 0 Å². The number of aromatic nitrogens is 1. The molecule has 4 nitrogen and oxygen atoms in total. The molecule has 1 aliphatic rings. The lowest BCUT2D eigenvalue weighted by Gasteiger charge is -2.31. The maximum atomic E-state index is 12.2. The minimum Gasteiger partial charge on any atom is -0.342 e. The number of carbonyl (C=O) groups excluding carboxylic acids is 1. The van der Waals surface area contributed by atoms with Crippen LogP contribution in [0.1, 0.15) is 30.5 Å². The molecule has 5 heteroatoms. The Morgan fingerprint density at radius 3 is 2.79 bits per heavy atom. The van der Waals surface area contributed by atoms with E-state index >= 15 is 0 Å². The van der Waals surface area contributed by atoms with Gasteiger partial charge in [-0.3, -0.25) is 9.69 Å². The van der Waals surface area contributed by atoms with Crippen molar-refractivity contribution < 1.29 is 4.79 Å². The molecule has 0 unspecified atom stereocenters. The zero-order chi connectivity index (χ0) is 13.8. The van der Waals surface area contributed by atoms with Crippen LogP contribution < -0.4 is 0 Å². The summed E-state index contributed by atoms with van der Waals surface area (Å²) in [4.78, 5) is 20.7. The highest BCUT2D eigenvalue weighted by Crippen LogP contribution is 2.16. The molecule has 0 radical (unpaired) electrons. The van der Waals surface area contributed by atoms with Gasteiger partial charge in [0.05, 0.1) is 17.2 Å². The van der Waals surface area contributed by atoms with Gasteiger partial charge >= 0.3 is 0 Å². The van der Waals surface area contributed by atoms with Crippen molar-refractivity contribution in [3.05, 3.63) is 16.1 Å². The number of rotatable bonds is 4. The van der Waals surface area contributed by atoms with E-state index in [-0.39, 0.29) is 5.91 Å². The van der Waals surface area contributed by atoms with Crippen molar-refractivity contribution >= 4 is 17.2 Å². The van der Waals surface area contributed by atoms with Gasteiger partial charge in [-0.2, -0.15) is 0 Å². The summed E-state index contributed by atoms with van der Waals surface area (Å²) >= 11 is 1.66. The van der Waals surface area contributed by atoms with Crippen LogP contribution in [0.5, 0.6) is 0 Å². The van der Waals surface area contributed by atoms with Crippen LogP contribution in [0.3, 0.4) is 0 Å². The Labute approximate surface area is 119 Å². The number of likely N-dealkylation sites (tertiary alicyclic amines) is 1. The zero-order valence-electron chi connectivity index (χ0n) is 12.1. The number of hydrogen-bond donors (Lipinski definition) is 0. The molecule has 106 valence electrons. The lowest BCUT2D eigenvalue weighted by Crippen LogP contribution is -2.42. The predicted octanol–water partition coefficient (Wildman–Crippen LogP) is 2.14. The number of nitrogens with zero attached hydrogens (tertiary/aromatic N) is 3. The Kier molecular flexibility index (Phi) is 4.93. The van der Waals surface area contributed by atoms with Gasteiger partial charge in [0.25, 0.3) is 0 Å². The van der Waals surface area contributed by atoms with Gasteiger partial charge in [0.15, 0.2) is 0 Å². The molecule has 0 aromatic carbocycles. The Hall–Kier alpha value is -0.940. The van der Waals surface area contributed by atoms with Crippen LogP contribution in [0.25, 0.3) is 0 Å². The van der Waals surface area contributed by atoms with E-state index < -0.39 is 0 Å². The monoisotopic (exact) mass is 281 g/mol. The van der Waals surface area contributed by atoms with Crippen LogP contribution in [0.2, 0.25) is 0 Å². The number of thiazole rings is 1. The third-order valence-electron chi connectivity index (χ3n) is 3.64. The number of likely N-dealkylation sites (N-methyl/N-ethyl adjacent to an activating group) is 1. The summed E-state index contributed by atoms with van der Waals surface area (Å²) in [7, 11) is 1.99. The molecular formula is C14H23N3OS. The molecule has 0 aliphatic carbocycles. The normalized spacial score (nSPS) is 17.2. The van der Waals surface area contributed by atoms with Gasteiger partial charge in [0.2, 0.25) is 5.91 Å². The fourth-order valence-electron chi connectivity index (χ4n) is 2.40. The van der Waals surface area contributed by atoms with E-state index in [9.17, 15) is 4.79 Å². The molecule has 0 spiro atoms. The van der Waals surface area contributed by atoms with Gasteiger partial charge in [-0.05, 0) is 32.7 Å². The smallest absolute Gasteiger partial charge is 0.236 e. The second-order valence-corrected chi connectivity index (χ2v) is 6.66. The lowest BCUT2D eigenvalue weighted by molar-refractivity contribution is -0.133. The highest BCUT2D eigenvalue weighted by Gasteiger charge is 2.21. The third kappa shape index (κ3) is 4.28. The van der Waals surface area contributed by atoms with Gasteiger partial charge in [0.1, 0.15) is 0 Å². The topological polar surface area (TPSA) is 36.4 Å². The van der Waals surface area contributed by atoms with Gasteiger partial charge in [-0.25, -0.2) is 4.98 Å². The van der Waals surface area contributed by atoms with E-state index in [0.29, 0.717) is 6.54 Å². The largest absolute Gasteiger partial charge is 0.342 e. The number of carbonyl (C=O) groups is 1. The first-order valence-corrected chi connectivity index (χ1v) is 7.80. The Morgan fingerprint density at radius 1 is 1.53 bits per heavy atom. The second kappa shape index (κ2) is 6.48. The maximum absolute atomic E-state index is 12.2. The van der Waals surface area contributed by atoms with Gasteiger partial charge in [-0.15, -0.1) is 11.3 Å². The molecule has 1 saturated heterocycles. The van der Waals surface area contributed by atoms with E-state index in [2.05, 4.69) is 22.2 Å². The predicted molar refractivity (Wildman–Crippen MR) is 78.2 cm³/mol. The van der Waals surface area contributed by atoms with Crippen LogP contribution in [0.4, 0.5) is 0 Å². The molecule has 1 fully saturated rings. The van der Waals surface area contributed by atoms with Crippen molar-refractivity contribution in [2.75, 3.05) is 26.7 Å². The molecule has 2 heterocycles. The summed E-state index contributed by atoms with van der Waals surface area (Å²) in [6.45, 7) is 7.35. The highest BCUT2D eigenvalue weighted by molar-refractivity contribution is 7.09. The molecule has 0 atom stereocenters. The van der Waals surface area contributed by atoms with E-state index in [1.165, 1.54) is 0 Å². The Bertz CT molecular complexity index is 424. The molecule has 1 aromatic heterocycles. The average molecular weight is 281 g/mol. The van der Waals surface area contributed by atoms with Crippen molar-refractivity contribution in [1.82, 2.24) is 14.8 Å². The molecule has 0 bridgehead atoms. The molecule has 0 saturated carbocycles. The summed E-state index contributed by atoms with van der Waals surface area (Å²) in [5.41, 5.74) is 1.06. The maximum Gasteiger partial charge on any atom is 0.236 e. The zero-order valence-corrected chi connectivity index (χ0v) is 12.9. The summed E-state index contributed by atoms with van der Waals surface area (Å²) in [6.07, 6.45) is 2.28. The van der Waals surface area contributed by atoms with Crippen molar-refractivity contribution in [1.29, 1.82) is 0 Å². The fraction of sp³-hybridized carbons (Fsp3) is 0.714. The SMILES string of the molecule is Cc1nc(CN(C)CC(=O)N2CCC(C)CC2)cs1. The molecule has 1 aromatic rings. The number of hydrogen-bond acceptors (Lipinski definition) is 4. The Morgan fingerprint density at radius 2 is 2.21 bits per heavy atom. The minimum absolute atomic E-state index is 0.251. The molecule has 1 amide bonds. The van der Waals surface area contributed by atoms with Crippen LogP contribution in [0, 0.1) is 12.8 Å². The molecule has 1 aliphatic heterocycles. The lowest BCUT2D eigenvalue weighted by atomic mass is 9.99. The minimum atomic E-state index is 0.251. The summed E-state index contributed by atoms with van der Waals surface area (Å²) in [5.74, 6) is 1.01. The van der Waals surface area contributed by atoms with Gasteiger partial charge in [0, 0.05) is 25.0 Å². The molecule has 2 rings (SSSR count). The van der Waals surface area contributed by atoms with Gasteiger partial charge in [-0.1, -0.05) is 6.92 Å². The van der Waals surface area contributed by atoms with Crippen LogP contribution in [-0.4, -0.2) is 47.4 Å². The number of aryl methyl sites for hydroxylation is 1. The first-order chi connectivity index (χ1) is 9.04. The molecular weight excluding hydrogens is 258 g/mol. The molecule has 19 heavy (non-hydrogen) atoms. The molecule has 0 N–H and O–H groups in total. The van der Waals surface area contributed by atoms with Gasteiger partial charge < -0.3 is 4.90 Å². The Balaban J connectivity index is 1.78. The van der Waals surface area contributed by atoms with Crippen LogP contribution in [-0.2, 0) is 11.3 Å². The van der Waals surface area contributed by atoms with E-state index in [0.717, 1.165) is 49.1 Å². The average Bonchev–Trinajstić information content (AvgIpc) is 2.75. The van der Waals surface area contributed by atoms with Crippen molar-refractivity contribution in [3.63, 3.8) is 0 Å². The second-order valence-electron chi connectivity index (χ2n) is 5.59. The van der Waals surface area contributed by atoms with E-state index in [1.807, 2.05) is 18.9 Å². The number of amides is 1. The summed E-state index contributed by atoms with van der Waals surface area (Å²) < 4.78 is 0. The van der Waals surface area contributed by atoms with E-state index in [1.54, 1.807) is 11.3 Å². The number of piperidine rings is 1. The third-order valence-corrected chi connectivity index (χ3v) is 4.46. The van der Waals surface area contributed by atoms with Crippen LogP contribution in [0.15, 0.2) is 5.38 Å². The summed E-state index contributed by atoms with van der Waals surface area (Å²) in [6, 6.07) is 0. The van der Waals surface area contributed by atoms with Crippen LogP contribution >= 0.6 is 11.3 Å². The van der Waals surface area contributed by atoms with Crippen molar-refractivity contribution in [2.45, 2.75) is 33.2 Å². The van der Waals surface area contributed by atoms with Crippen molar-refractivity contribution in [3.8, 4) is 0 Å². The highest BCUT2D eigenvalue weighted by atomic mass is 32.1. The fourth-order valence-corrected chi connectivity index (χ4v) is 3.01. The van der Waals surface area contributed by atoms with Crippen molar-refractivity contribution in [2.24, 2.45) is 5.92 Å². The first-order valence-electron chi connectivity index (χ1n) is 6.92. The quantitative estimate of drug-likeness (QED) is 0.848. The summed E-state index contributed by atoms with van der Waals surface area (Å²) in [5, 5.41) is 3.15.